The second-order valence-electron chi connectivity index (χ2n) is 12.0. The van der Waals surface area contributed by atoms with Gasteiger partial charge < -0.3 is 46.9 Å². The molecule has 2 heterocycles. The average Bonchev–Trinajstić information content (AvgIpc) is 3.57. The first-order valence-corrected chi connectivity index (χ1v) is 20.3. The number of oxime groups is 1. The van der Waals surface area contributed by atoms with Crippen molar-refractivity contribution in [2.45, 2.75) is 118 Å². The molecule has 308 valence electrons. The van der Waals surface area contributed by atoms with Crippen LogP contribution in [0.2, 0.25) is 0 Å². The number of carbonyl (C=O) groups excluding carboxylic acids is 2. The van der Waals surface area contributed by atoms with Crippen molar-refractivity contribution in [1.29, 1.82) is 0 Å². The lowest BCUT2D eigenvalue weighted by Crippen LogP contribution is -2.68. The molecule has 5 rings (SSSR count). The van der Waals surface area contributed by atoms with E-state index in [2.05, 4.69) is 51.1 Å². The molecule has 0 radical (unpaired) electrons. The molecule has 2 aliphatic heterocycles. The van der Waals surface area contributed by atoms with Crippen molar-refractivity contribution in [1.82, 2.24) is 5.32 Å². The van der Waals surface area contributed by atoms with Gasteiger partial charge in [-0.15, -0.1) is 11.8 Å². The maximum Gasteiger partial charge on any atom is 0.232 e. The van der Waals surface area contributed by atoms with Crippen molar-refractivity contribution in [2.24, 2.45) is 44.0 Å². The van der Waals surface area contributed by atoms with Crippen LogP contribution >= 0.6 is 24.1 Å². The molecule has 0 bridgehead atoms. The van der Waals surface area contributed by atoms with Crippen LogP contribution in [0.3, 0.4) is 0 Å². The van der Waals surface area contributed by atoms with Crippen molar-refractivity contribution in [2.75, 3.05) is 5.88 Å². The van der Waals surface area contributed by atoms with Crippen molar-refractivity contribution in [3.63, 3.8) is 0 Å². The lowest BCUT2D eigenvalue weighted by atomic mass is 9.75. The lowest BCUT2D eigenvalue weighted by molar-refractivity contribution is -0.135. The minimum Gasteiger partial charge on any atom is -0.486 e. The van der Waals surface area contributed by atoms with Gasteiger partial charge in [-0.1, -0.05) is 64.9 Å². The number of rotatable bonds is 11. The van der Waals surface area contributed by atoms with E-state index in [1.807, 2.05) is 80.5 Å². The first-order chi connectivity index (χ1) is 26.4. The van der Waals surface area contributed by atoms with Crippen LogP contribution < -0.4 is 33.0 Å². The summed E-state index contributed by atoms with van der Waals surface area (Å²) in [5.74, 6) is 0.994. The number of aryl methyl sites for hydroxylation is 2. The Bertz CT molecular complexity index is 1570. The molecule has 14 nitrogen and oxygen atoms in total. The minimum atomic E-state index is -0.519. The highest BCUT2D eigenvalue weighted by Gasteiger charge is 2.50. The summed E-state index contributed by atoms with van der Waals surface area (Å²) in [6, 6.07) is 12.5. The van der Waals surface area contributed by atoms with Crippen LogP contribution in [0, 0.1) is 5.92 Å². The van der Waals surface area contributed by atoms with Crippen molar-refractivity contribution >= 4 is 54.7 Å². The molecule has 4 unspecified atom stereocenters. The number of amides is 2. The smallest absolute Gasteiger partial charge is 0.232 e. The molecule has 2 amide bonds. The fraction of sp³-hybridized carbons (Fsp3) is 0.513. The molecule has 1 fully saturated rings. The number of thioether (sulfide) groups is 1. The number of primary amides is 1. The Morgan fingerprint density at radius 3 is 2.27 bits per heavy atom. The van der Waals surface area contributed by atoms with E-state index < -0.39 is 11.5 Å². The number of nitrogens with two attached hydrogens (primary N) is 4. The number of amidine groups is 1. The molecular weight excluding hydrogens is 741 g/mol. The third-order valence-corrected chi connectivity index (χ3v) is 8.95. The van der Waals surface area contributed by atoms with Crippen LogP contribution in [0.4, 0.5) is 0 Å². The van der Waals surface area contributed by atoms with E-state index in [4.69, 9.17) is 40.7 Å². The van der Waals surface area contributed by atoms with Gasteiger partial charge in [0.2, 0.25) is 12.3 Å². The van der Waals surface area contributed by atoms with Crippen LogP contribution in [0.1, 0.15) is 109 Å². The van der Waals surface area contributed by atoms with Crippen molar-refractivity contribution in [3.05, 3.63) is 75.3 Å². The number of carbonyl (C=O) groups is 2. The van der Waals surface area contributed by atoms with Crippen LogP contribution in [0.25, 0.3) is 0 Å². The first-order valence-electron chi connectivity index (χ1n) is 18.6. The van der Waals surface area contributed by atoms with Gasteiger partial charge in [0.15, 0.2) is 18.4 Å². The topological polar surface area (TPSA) is 246 Å². The Labute approximate surface area is 336 Å². The minimum absolute atomic E-state index is 0.134. The third kappa shape index (κ3) is 15.3. The van der Waals surface area contributed by atoms with Crippen molar-refractivity contribution < 1.29 is 28.3 Å². The molecule has 2 aromatic carbocycles. The van der Waals surface area contributed by atoms with Gasteiger partial charge in [0.05, 0.1) is 17.8 Å². The van der Waals surface area contributed by atoms with Gasteiger partial charge in [0.1, 0.15) is 29.3 Å². The molecule has 1 saturated heterocycles. The second kappa shape index (κ2) is 27.6. The number of fused-ring (bicyclic) bond motifs is 2. The fourth-order valence-corrected chi connectivity index (χ4v) is 6.36. The van der Waals surface area contributed by atoms with Crippen LogP contribution in [-0.2, 0) is 33.8 Å². The summed E-state index contributed by atoms with van der Waals surface area (Å²) in [6.07, 6.45) is 3.18. The summed E-state index contributed by atoms with van der Waals surface area (Å²) in [5.41, 5.74) is 28.4. The molecule has 16 heteroatoms. The molecule has 1 aliphatic carbocycles. The summed E-state index contributed by atoms with van der Waals surface area (Å²) in [7, 11) is 0. The first kappa shape index (κ1) is 51.1. The van der Waals surface area contributed by atoms with Gasteiger partial charge in [0.25, 0.3) is 0 Å². The molecule has 55 heavy (non-hydrogen) atoms. The summed E-state index contributed by atoms with van der Waals surface area (Å²) in [4.78, 5) is 35.8. The van der Waals surface area contributed by atoms with Crippen LogP contribution in [-0.4, -0.2) is 63.3 Å². The van der Waals surface area contributed by atoms with Crippen molar-refractivity contribution in [3.8, 4) is 5.75 Å². The fourth-order valence-electron chi connectivity index (χ4n) is 5.91. The Morgan fingerprint density at radius 2 is 1.71 bits per heavy atom. The number of β-lactam (4-membered cyclic amide) rings is 1. The molecule has 0 spiro atoms. The zero-order valence-electron chi connectivity index (χ0n) is 33.9. The predicted molar refractivity (Wildman–Crippen MR) is 230 cm³/mol. The van der Waals surface area contributed by atoms with E-state index in [1.165, 1.54) is 22.9 Å². The molecule has 11 N–H and O–H groups in total. The van der Waals surface area contributed by atoms with E-state index in [0.29, 0.717) is 29.7 Å². The number of hydrogen-bond donors (Lipinski definition) is 7. The number of nitrogens with one attached hydrogen (secondary N) is 1. The third-order valence-electron chi connectivity index (χ3n) is 8.36. The maximum atomic E-state index is 12.5. The van der Waals surface area contributed by atoms with Gasteiger partial charge in [-0.25, -0.2) is 0 Å². The number of hydrogen-bond acceptors (Lipinski definition) is 13. The van der Waals surface area contributed by atoms with E-state index in [0.717, 1.165) is 48.1 Å². The second-order valence-corrected chi connectivity index (χ2v) is 13.1. The van der Waals surface area contributed by atoms with Crippen LogP contribution in [0.15, 0.2) is 62.6 Å². The molecule has 2 aromatic rings. The van der Waals surface area contributed by atoms with E-state index in [9.17, 15) is 4.79 Å². The summed E-state index contributed by atoms with van der Waals surface area (Å²) < 4.78 is 20.4. The predicted octanol–water partition coefficient (Wildman–Crippen LogP) is 6.55. The molecule has 3 aliphatic rings. The molecule has 0 saturated carbocycles. The highest BCUT2D eigenvalue weighted by molar-refractivity contribution is 8.02. The highest BCUT2D eigenvalue weighted by atomic mass is 32.2. The zero-order valence-corrected chi connectivity index (χ0v) is 35.5. The zero-order chi connectivity index (χ0) is 42.1. The number of benzene rings is 2. The Hall–Kier alpha value is -3.93. The standard InChI is InChI=1S/C32H41N7O3S.3C2H6.CH3NO.H2O2S/c1-18(42-39-29(25(36-4)16-43-17-33)28-31(40)38-32(28,2)3)26-11-7-21-14-22(8-12-27(21)41-26)30(35)37-15-19-5-9-23-20(13-19)6-10-24(23)34;3*1-2;2-1-3;1-3-2/h5,8-9,12-14,16,18,24,26,28H,4,6-7,10-11,15,17,33-34H2,1-3H3,(H2,35,37)(H,38,40);3*1-2H3;1H,(H2,2,3);1-2H/b25-16-,39-29-;;;;;. The van der Waals surface area contributed by atoms with E-state index in [1.54, 1.807) is 5.41 Å². The van der Waals surface area contributed by atoms with Crippen LogP contribution in [0.5, 0.6) is 5.75 Å². The van der Waals surface area contributed by atoms with Gasteiger partial charge in [0, 0.05) is 17.5 Å². The van der Waals surface area contributed by atoms with Gasteiger partial charge in [-0.05, 0) is 99.0 Å². The lowest BCUT2D eigenvalue weighted by Gasteiger charge is -2.44. The van der Waals surface area contributed by atoms with E-state index >= 15 is 0 Å². The number of nitrogens with zero attached hydrogens (tertiary/aromatic N) is 3. The van der Waals surface area contributed by atoms with Gasteiger partial charge in [-0.2, -0.15) is 0 Å². The number of ether oxygens (including phenoxy) is 1. The van der Waals surface area contributed by atoms with Gasteiger partial charge >= 0.3 is 0 Å². The maximum absolute atomic E-state index is 12.5. The largest absolute Gasteiger partial charge is 0.486 e. The molecule has 0 aromatic heterocycles. The Kier molecular flexibility index (Phi) is 25.6. The Balaban J connectivity index is 0.00000219. The summed E-state index contributed by atoms with van der Waals surface area (Å²) in [5, 5.41) is 9.09. The summed E-state index contributed by atoms with van der Waals surface area (Å²) >= 11 is 1.10. The average molecular weight is 805 g/mol. The normalized spacial score (nSPS) is 19.5. The number of allylic oxidation sites excluding steroid dienone is 1. The molecule has 4 atom stereocenters. The monoisotopic (exact) mass is 804 g/mol. The quantitative estimate of drug-likeness (QED) is 0.0244. The number of aliphatic imine (C=N–C) groups is 2. The summed E-state index contributed by atoms with van der Waals surface area (Å²) in [6.45, 7) is 22.0. The van der Waals surface area contributed by atoms with Gasteiger partial charge in [-0.3, -0.25) is 19.6 Å². The molecular formula is C39H64N8O6S2. The highest BCUT2D eigenvalue weighted by Crippen LogP contribution is 2.34. The SMILES string of the molecule is C=NC(=C\SCN)/C(=N/OC(C)C1CCc2cc(C(N)=NCc3ccc4c(c3)CCC4N)ccc2O1)C1C(=O)NC1(C)C.CC.CC.CC.NC=O.OSO. The Morgan fingerprint density at radius 1 is 1.09 bits per heavy atom. The van der Waals surface area contributed by atoms with E-state index in [-0.39, 0.29) is 42.9 Å².